The summed E-state index contributed by atoms with van der Waals surface area (Å²) in [4.78, 5) is 0. The van der Waals surface area contributed by atoms with E-state index in [1.165, 1.54) is 18.9 Å². The minimum atomic E-state index is -1.33. The van der Waals surface area contributed by atoms with Gasteiger partial charge in [0, 0.05) is 0 Å². The van der Waals surface area contributed by atoms with Gasteiger partial charge in [-0.25, -0.2) is 0 Å². The fourth-order valence-corrected chi connectivity index (χ4v) is 4.22. The van der Waals surface area contributed by atoms with Crippen LogP contribution in [0.2, 0.25) is 19.1 Å². The molecule has 2 heteroatoms. The summed E-state index contributed by atoms with van der Waals surface area (Å²) in [5.74, 6) is 0. The van der Waals surface area contributed by atoms with Crippen LogP contribution in [-0.4, -0.2) is 14.4 Å². The Hall–Kier alpha value is -0.0831. The van der Waals surface area contributed by atoms with Crippen LogP contribution in [0.5, 0.6) is 0 Å². The van der Waals surface area contributed by atoms with Gasteiger partial charge in [0.1, 0.15) is 0 Å². The van der Waals surface area contributed by atoms with Crippen molar-refractivity contribution in [3.8, 4) is 0 Å². The first-order valence-corrected chi connectivity index (χ1v) is 8.58. The lowest BCUT2D eigenvalue weighted by molar-refractivity contribution is 0.205. The van der Waals surface area contributed by atoms with Gasteiger partial charge in [0.25, 0.3) is 0 Å². The van der Waals surface area contributed by atoms with E-state index in [0.717, 1.165) is 12.8 Å². The Bertz CT molecular complexity index is 167. The van der Waals surface area contributed by atoms with Crippen LogP contribution in [0.25, 0.3) is 0 Å². The summed E-state index contributed by atoms with van der Waals surface area (Å²) in [5.41, 5.74) is 0. The Balaban J connectivity index is 2.24. The number of rotatable bonds is 5. The zero-order valence-corrected chi connectivity index (χ0v) is 10.2. The molecule has 0 amide bonds. The predicted octanol–water partition coefficient (Wildman–Crippen LogP) is 3.73. The van der Waals surface area contributed by atoms with Gasteiger partial charge in [0.2, 0.25) is 0 Å². The van der Waals surface area contributed by atoms with Crippen LogP contribution in [0.3, 0.4) is 0 Å². The van der Waals surface area contributed by atoms with Gasteiger partial charge in [-0.05, 0) is 32.0 Å². The third kappa shape index (κ3) is 4.10. The highest BCUT2D eigenvalue weighted by atomic mass is 28.4. The second-order valence-electron chi connectivity index (χ2n) is 4.55. The second-order valence-corrected chi connectivity index (χ2v) is 8.80. The van der Waals surface area contributed by atoms with Gasteiger partial charge in [0.15, 0.2) is 8.32 Å². The molecule has 1 aliphatic carbocycles. The van der Waals surface area contributed by atoms with Crippen LogP contribution < -0.4 is 0 Å². The molecule has 0 heterocycles. The molecule has 0 saturated carbocycles. The van der Waals surface area contributed by atoms with Crippen molar-refractivity contribution in [2.75, 3.05) is 0 Å². The molecule has 13 heavy (non-hydrogen) atoms. The normalized spacial score (nSPS) is 18.4. The lowest BCUT2D eigenvalue weighted by atomic mass is 10.3. The molecule has 0 aliphatic heterocycles. The Morgan fingerprint density at radius 2 is 1.92 bits per heavy atom. The molecule has 1 aliphatic rings. The highest BCUT2D eigenvalue weighted by Gasteiger charge is 2.26. The molecule has 0 N–H and O–H groups in total. The summed E-state index contributed by atoms with van der Waals surface area (Å²) >= 11 is 0. The number of unbranched alkanes of at least 4 members (excludes halogenated alkanes) is 1. The van der Waals surface area contributed by atoms with Crippen molar-refractivity contribution < 1.29 is 4.43 Å². The number of hydrogen-bond donors (Lipinski definition) is 0. The quantitative estimate of drug-likeness (QED) is 0.483. The highest BCUT2D eigenvalue weighted by Crippen LogP contribution is 2.22. The standard InChI is InChI=1S/C11H22OSi/c1-4-5-10-13(2,3)12-11-8-6-7-9-11/h6-7,11H,4-5,8-10H2,1-3H3. The molecule has 0 radical (unpaired) electrons. The molecule has 0 aromatic heterocycles. The Labute approximate surface area is 83.3 Å². The Morgan fingerprint density at radius 1 is 1.31 bits per heavy atom. The predicted molar refractivity (Wildman–Crippen MR) is 60.4 cm³/mol. The van der Waals surface area contributed by atoms with E-state index in [1.807, 2.05) is 0 Å². The van der Waals surface area contributed by atoms with Gasteiger partial charge in [-0.3, -0.25) is 0 Å². The Kier molecular flexibility index (Phi) is 4.20. The molecular weight excluding hydrogens is 176 g/mol. The molecule has 0 unspecified atom stereocenters. The van der Waals surface area contributed by atoms with Crippen molar-refractivity contribution in [1.82, 2.24) is 0 Å². The summed E-state index contributed by atoms with van der Waals surface area (Å²) < 4.78 is 6.18. The topological polar surface area (TPSA) is 9.23 Å². The van der Waals surface area contributed by atoms with Crippen LogP contribution in [0.15, 0.2) is 12.2 Å². The maximum atomic E-state index is 6.18. The maximum Gasteiger partial charge on any atom is 0.187 e. The maximum absolute atomic E-state index is 6.18. The molecule has 0 aromatic rings. The van der Waals surface area contributed by atoms with Gasteiger partial charge in [0.05, 0.1) is 6.10 Å². The zero-order chi connectivity index (χ0) is 9.73. The molecule has 1 rings (SSSR count). The highest BCUT2D eigenvalue weighted by molar-refractivity contribution is 6.71. The molecule has 0 aromatic carbocycles. The van der Waals surface area contributed by atoms with Crippen molar-refractivity contribution in [3.05, 3.63) is 12.2 Å². The largest absolute Gasteiger partial charge is 0.414 e. The van der Waals surface area contributed by atoms with Crippen molar-refractivity contribution in [3.63, 3.8) is 0 Å². The average Bonchev–Trinajstić information content (AvgIpc) is 2.52. The van der Waals surface area contributed by atoms with Crippen LogP contribution in [0, 0.1) is 0 Å². The Morgan fingerprint density at radius 3 is 2.46 bits per heavy atom. The second kappa shape index (κ2) is 4.96. The minimum Gasteiger partial charge on any atom is -0.414 e. The van der Waals surface area contributed by atoms with E-state index in [0.29, 0.717) is 6.10 Å². The van der Waals surface area contributed by atoms with Gasteiger partial charge in [-0.15, -0.1) is 0 Å². The van der Waals surface area contributed by atoms with E-state index < -0.39 is 8.32 Å². The summed E-state index contributed by atoms with van der Waals surface area (Å²) in [6.45, 7) is 6.95. The molecule has 0 spiro atoms. The summed E-state index contributed by atoms with van der Waals surface area (Å²) in [5, 5.41) is 0. The molecule has 1 nitrogen and oxygen atoms in total. The molecule has 0 fully saturated rings. The third-order valence-corrected chi connectivity index (χ3v) is 5.11. The lowest BCUT2D eigenvalue weighted by Crippen LogP contribution is -2.34. The van der Waals surface area contributed by atoms with E-state index in [1.54, 1.807) is 0 Å². The molecule has 0 bridgehead atoms. The van der Waals surface area contributed by atoms with Gasteiger partial charge < -0.3 is 4.43 Å². The summed E-state index contributed by atoms with van der Waals surface area (Å²) in [7, 11) is -1.33. The third-order valence-electron chi connectivity index (χ3n) is 2.58. The summed E-state index contributed by atoms with van der Waals surface area (Å²) in [6.07, 6.45) is 9.91. The first-order chi connectivity index (χ1) is 6.14. The summed E-state index contributed by atoms with van der Waals surface area (Å²) in [6, 6.07) is 1.32. The van der Waals surface area contributed by atoms with Gasteiger partial charge in [-0.1, -0.05) is 31.9 Å². The minimum absolute atomic E-state index is 0.513. The molecule has 0 saturated heterocycles. The van der Waals surface area contributed by atoms with E-state index in [-0.39, 0.29) is 0 Å². The first-order valence-electron chi connectivity index (χ1n) is 5.47. The molecule has 0 atom stereocenters. The SMILES string of the molecule is CCCC[Si](C)(C)OC1CC=CC1. The fourth-order valence-electron chi connectivity index (χ4n) is 1.80. The molecular formula is C11H22OSi. The van der Waals surface area contributed by atoms with Crippen molar-refractivity contribution >= 4 is 8.32 Å². The van der Waals surface area contributed by atoms with Crippen LogP contribution in [-0.2, 0) is 4.43 Å². The van der Waals surface area contributed by atoms with E-state index in [4.69, 9.17) is 4.43 Å². The van der Waals surface area contributed by atoms with Gasteiger partial charge >= 0.3 is 0 Å². The number of hydrogen-bond acceptors (Lipinski definition) is 1. The van der Waals surface area contributed by atoms with Crippen LogP contribution in [0.4, 0.5) is 0 Å². The van der Waals surface area contributed by atoms with E-state index in [2.05, 4.69) is 32.2 Å². The van der Waals surface area contributed by atoms with Crippen LogP contribution >= 0.6 is 0 Å². The van der Waals surface area contributed by atoms with E-state index in [9.17, 15) is 0 Å². The monoisotopic (exact) mass is 198 g/mol. The smallest absolute Gasteiger partial charge is 0.187 e. The van der Waals surface area contributed by atoms with Crippen molar-refractivity contribution in [1.29, 1.82) is 0 Å². The average molecular weight is 198 g/mol. The van der Waals surface area contributed by atoms with Crippen LogP contribution in [0.1, 0.15) is 32.6 Å². The lowest BCUT2D eigenvalue weighted by Gasteiger charge is -2.27. The van der Waals surface area contributed by atoms with Crippen molar-refractivity contribution in [2.45, 2.75) is 57.8 Å². The zero-order valence-electron chi connectivity index (χ0n) is 9.18. The fraction of sp³-hybridized carbons (Fsp3) is 0.818. The van der Waals surface area contributed by atoms with Crippen molar-refractivity contribution in [2.24, 2.45) is 0 Å². The molecule has 76 valence electrons. The van der Waals surface area contributed by atoms with E-state index >= 15 is 0 Å². The first kappa shape index (κ1) is 11.0. The van der Waals surface area contributed by atoms with Gasteiger partial charge in [-0.2, -0.15) is 0 Å².